The van der Waals surface area contributed by atoms with E-state index in [9.17, 15) is 16.8 Å². The van der Waals surface area contributed by atoms with Crippen LogP contribution in [-0.4, -0.2) is 44.7 Å². The Morgan fingerprint density at radius 2 is 1.62 bits per heavy atom. The molecule has 134 valence electrons. The van der Waals surface area contributed by atoms with Crippen molar-refractivity contribution in [3.05, 3.63) is 28.8 Å². The van der Waals surface area contributed by atoms with E-state index in [1.54, 1.807) is 19.1 Å². The van der Waals surface area contributed by atoms with Crippen LogP contribution in [-0.2, 0) is 19.9 Å². The van der Waals surface area contributed by atoms with Crippen LogP contribution in [0.5, 0.6) is 0 Å². The molecule has 2 aliphatic rings. The first-order valence-electron chi connectivity index (χ1n) is 8.22. The van der Waals surface area contributed by atoms with Gasteiger partial charge in [0.15, 0.2) is 9.84 Å². The van der Waals surface area contributed by atoms with E-state index in [0.29, 0.717) is 23.4 Å². The predicted octanol–water partition coefficient (Wildman–Crippen LogP) is 2.77. The zero-order chi connectivity index (χ0) is 17.5. The van der Waals surface area contributed by atoms with E-state index in [-0.39, 0.29) is 23.2 Å². The van der Waals surface area contributed by atoms with Crippen LogP contribution >= 0.6 is 11.6 Å². The second kappa shape index (κ2) is 6.59. The number of hydrogen-bond donors (Lipinski definition) is 0. The summed E-state index contributed by atoms with van der Waals surface area (Å²) in [6.07, 6.45) is 4.39. The molecule has 5 nitrogen and oxygen atoms in total. The standard InChI is InChI=1S/C16H22ClNO4S2/c1-12-15(17)8-5-9-16(12)24(21,22)18-10-14(11-18)23(19,20)13-6-3-2-4-7-13/h5,8-9,13-14H,2-4,6-7,10-11H2,1H3. The number of rotatable bonds is 4. The molecular weight excluding hydrogens is 370 g/mol. The minimum atomic E-state index is -3.69. The largest absolute Gasteiger partial charge is 0.243 e. The van der Waals surface area contributed by atoms with E-state index in [2.05, 4.69) is 0 Å². The van der Waals surface area contributed by atoms with Crippen LogP contribution in [0.2, 0.25) is 5.02 Å². The number of sulfone groups is 1. The van der Waals surface area contributed by atoms with Crippen molar-refractivity contribution in [2.75, 3.05) is 13.1 Å². The second-order valence-corrected chi connectivity index (χ2v) is 11.5. The lowest BCUT2D eigenvalue weighted by Crippen LogP contribution is -2.58. The predicted molar refractivity (Wildman–Crippen MR) is 94.5 cm³/mol. The van der Waals surface area contributed by atoms with Crippen molar-refractivity contribution < 1.29 is 16.8 Å². The quantitative estimate of drug-likeness (QED) is 0.791. The third-order valence-corrected chi connectivity index (χ3v) is 10.1. The molecule has 1 heterocycles. The van der Waals surface area contributed by atoms with Crippen LogP contribution in [0.25, 0.3) is 0 Å². The van der Waals surface area contributed by atoms with Crippen molar-refractivity contribution in [1.82, 2.24) is 4.31 Å². The number of hydrogen-bond acceptors (Lipinski definition) is 4. The smallest absolute Gasteiger partial charge is 0.228 e. The van der Waals surface area contributed by atoms with Crippen molar-refractivity contribution in [3.8, 4) is 0 Å². The summed E-state index contributed by atoms with van der Waals surface area (Å²) in [6.45, 7) is 1.76. The molecule has 0 unspecified atom stereocenters. The van der Waals surface area contributed by atoms with Crippen LogP contribution in [0.3, 0.4) is 0 Å². The fourth-order valence-electron chi connectivity index (χ4n) is 3.48. The molecule has 0 radical (unpaired) electrons. The maximum absolute atomic E-state index is 12.7. The van der Waals surface area contributed by atoms with Crippen molar-refractivity contribution in [2.45, 2.75) is 54.4 Å². The van der Waals surface area contributed by atoms with Gasteiger partial charge >= 0.3 is 0 Å². The van der Waals surface area contributed by atoms with Crippen LogP contribution in [0.4, 0.5) is 0 Å². The minimum absolute atomic E-state index is 0.0487. The highest BCUT2D eigenvalue weighted by Gasteiger charge is 2.46. The first kappa shape index (κ1) is 18.2. The lowest BCUT2D eigenvalue weighted by molar-refractivity contribution is 0.306. The topological polar surface area (TPSA) is 71.5 Å². The molecular formula is C16H22ClNO4S2. The van der Waals surface area contributed by atoms with Gasteiger partial charge in [0.2, 0.25) is 10.0 Å². The van der Waals surface area contributed by atoms with Gasteiger partial charge in [0.05, 0.1) is 15.4 Å². The van der Waals surface area contributed by atoms with E-state index < -0.39 is 25.1 Å². The second-order valence-electron chi connectivity index (χ2n) is 6.66. The zero-order valence-electron chi connectivity index (χ0n) is 13.6. The van der Waals surface area contributed by atoms with E-state index in [0.717, 1.165) is 19.3 Å². The molecule has 1 aromatic rings. The van der Waals surface area contributed by atoms with Gasteiger partial charge in [-0.2, -0.15) is 4.31 Å². The SMILES string of the molecule is Cc1c(Cl)cccc1S(=O)(=O)N1CC(S(=O)(=O)C2CCCCC2)C1. The van der Waals surface area contributed by atoms with E-state index >= 15 is 0 Å². The Bertz CT molecular complexity index is 824. The summed E-state index contributed by atoms with van der Waals surface area (Å²) in [5.41, 5.74) is 0.498. The molecule has 1 aromatic carbocycles. The first-order valence-corrected chi connectivity index (χ1v) is 11.7. The summed E-state index contributed by atoms with van der Waals surface area (Å²) in [5.74, 6) is 0. The van der Waals surface area contributed by atoms with Crippen LogP contribution in [0.1, 0.15) is 37.7 Å². The summed E-state index contributed by atoms with van der Waals surface area (Å²) in [4.78, 5) is 0.156. The average Bonchev–Trinajstić information content (AvgIpc) is 2.48. The molecule has 1 saturated carbocycles. The van der Waals surface area contributed by atoms with Crippen molar-refractivity contribution in [2.24, 2.45) is 0 Å². The number of nitrogens with zero attached hydrogens (tertiary/aromatic N) is 1. The van der Waals surface area contributed by atoms with Gasteiger partial charge in [0.1, 0.15) is 0 Å². The third-order valence-electron chi connectivity index (χ3n) is 5.13. The Kier molecular flexibility index (Phi) is 4.99. The highest BCUT2D eigenvalue weighted by Crippen LogP contribution is 2.33. The number of sulfonamides is 1. The summed E-state index contributed by atoms with van der Waals surface area (Å²) in [5, 5.41) is -0.480. The molecule has 0 aromatic heterocycles. The molecule has 1 aliphatic heterocycles. The summed E-state index contributed by atoms with van der Waals surface area (Å²) < 4.78 is 52.0. The monoisotopic (exact) mass is 391 g/mol. The van der Waals surface area contributed by atoms with Gasteiger partial charge < -0.3 is 0 Å². The Labute approximate surface area is 149 Å². The van der Waals surface area contributed by atoms with Gasteiger partial charge in [-0.1, -0.05) is 36.9 Å². The third kappa shape index (κ3) is 3.11. The summed E-state index contributed by atoms with van der Waals surface area (Å²) in [7, 11) is -6.95. The van der Waals surface area contributed by atoms with Crippen LogP contribution < -0.4 is 0 Å². The van der Waals surface area contributed by atoms with Gasteiger partial charge in [-0.05, 0) is 37.5 Å². The molecule has 24 heavy (non-hydrogen) atoms. The van der Waals surface area contributed by atoms with Crippen LogP contribution in [0.15, 0.2) is 23.1 Å². The van der Waals surface area contributed by atoms with Crippen molar-refractivity contribution in [3.63, 3.8) is 0 Å². The molecule has 2 fully saturated rings. The molecule has 0 bridgehead atoms. The fraction of sp³-hybridized carbons (Fsp3) is 0.625. The highest BCUT2D eigenvalue weighted by molar-refractivity contribution is 7.93. The normalized spacial score (nSPS) is 21.6. The Hall–Kier alpha value is -0.630. The average molecular weight is 392 g/mol. The lowest BCUT2D eigenvalue weighted by atomic mass is 10.0. The van der Waals surface area contributed by atoms with Crippen molar-refractivity contribution >= 4 is 31.5 Å². The Morgan fingerprint density at radius 1 is 1.00 bits per heavy atom. The Balaban J connectivity index is 1.75. The van der Waals surface area contributed by atoms with Gasteiger partial charge in [-0.15, -0.1) is 0 Å². The van der Waals surface area contributed by atoms with Crippen molar-refractivity contribution in [1.29, 1.82) is 0 Å². The molecule has 0 spiro atoms. The van der Waals surface area contributed by atoms with Gasteiger partial charge in [-0.25, -0.2) is 16.8 Å². The first-order chi connectivity index (χ1) is 11.2. The number of halogens is 1. The molecule has 8 heteroatoms. The maximum Gasteiger partial charge on any atom is 0.243 e. The maximum atomic E-state index is 12.7. The molecule has 1 saturated heterocycles. The van der Waals surface area contributed by atoms with Gasteiger partial charge in [-0.3, -0.25) is 0 Å². The molecule has 0 atom stereocenters. The lowest BCUT2D eigenvalue weighted by Gasteiger charge is -2.40. The molecule has 3 rings (SSSR count). The van der Waals surface area contributed by atoms with Crippen LogP contribution in [0, 0.1) is 6.92 Å². The van der Waals surface area contributed by atoms with Gasteiger partial charge in [0.25, 0.3) is 0 Å². The molecule has 0 amide bonds. The fourth-order valence-corrected chi connectivity index (χ4v) is 7.98. The van der Waals surface area contributed by atoms with Gasteiger partial charge in [0, 0.05) is 18.1 Å². The van der Waals surface area contributed by atoms with E-state index in [1.807, 2.05) is 0 Å². The Morgan fingerprint density at radius 3 is 2.25 bits per heavy atom. The zero-order valence-corrected chi connectivity index (χ0v) is 16.0. The highest BCUT2D eigenvalue weighted by atomic mass is 35.5. The van der Waals surface area contributed by atoms with E-state index in [1.165, 1.54) is 10.4 Å². The summed E-state index contributed by atoms with van der Waals surface area (Å²) in [6, 6.07) is 4.75. The van der Waals surface area contributed by atoms with E-state index in [4.69, 9.17) is 11.6 Å². The molecule has 1 aliphatic carbocycles. The minimum Gasteiger partial charge on any atom is -0.228 e. The summed E-state index contributed by atoms with van der Waals surface area (Å²) >= 11 is 6.01. The molecule has 0 N–H and O–H groups in total. The number of benzene rings is 1.